The molecule has 210 valence electrons. The summed E-state index contributed by atoms with van der Waals surface area (Å²) in [4.78, 5) is 25.0. The molecule has 0 atom stereocenters. The molecule has 1 N–H and O–H groups in total. The second-order valence-corrected chi connectivity index (χ2v) is 8.93. The molecule has 0 unspecified atom stereocenters. The van der Waals surface area contributed by atoms with Crippen molar-refractivity contribution in [3.05, 3.63) is 117 Å². The van der Waals surface area contributed by atoms with E-state index in [2.05, 4.69) is 10.4 Å². The summed E-state index contributed by atoms with van der Waals surface area (Å²) in [5.74, 6) is -1.64. The van der Waals surface area contributed by atoms with Crippen LogP contribution in [0.1, 0.15) is 51.7 Å². The molecule has 8 nitrogen and oxygen atoms in total. The summed E-state index contributed by atoms with van der Waals surface area (Å²) in [5.41, 5.74) is 1.36. The van der Waals surface area contributed by atoms with Crippen LogP contribution in [0.25, 0.3) is 0 Å². The second kappa shape index (κ2) is 13.1. The highest BCUT2D eigenvalue weighted by atomic mass is 19.3. The standard InChI is InChI=1S/C29H29F3N4O4/c1-3-40-18-24-22(29(38)33-14-21-23(30)11-12-25(39-2)27(21)28(31)32)17-36(34-24)16-20-9-7-19(8-10-20)15-35-13-5-4-6-26(35)37/h4-13,17,28H,3,14-16,18H2,1-2H3,(H,33,38). The van der Waals surface area contributed by atoms with E-state index in [1.54, 1.807) is 34.5 Å². The number of ether oxygens (including phenoxy) is 2. The molecule has 0 aliphatic rings. The van der Waals surface area contributed by atoms with Crippen LogP contribution in [-0.2, 0) is 31.0 Å². The Bertz CT molecular complexity index is 1520. The number of alkyl halides is 2. The average Bonchev–Trinajstić information content (AvgIpc) is 3.35. The fraction of sp³-hybridized carbons (Fsp3) is 0.276. The van der Waals surface area contributed by atoms with Crippen LogP contribution in [0, 0.1) is 5.82 Å². The molecule has 1 amide bonds. The number of pyridine rings is 1. The SMILES string of the molecule is CCOCc1nn(Cc2ccc(Cn3ccccc3=O)cc2)cc1C(=O)NCc1c(F)ccc(OC)c1C(F)F. The fourth-order valence-corrected chi connectivity index (χ4v) is 4.24. The molecule has 0 fully saturated rings. The largest absolute Gasteiger partial charge is 0.496 e. The maximum Gasteiger partial charge on any atom is 0.267 e. The van der Waals surface area contributed by atoms with Crippen molar-refractivity contribution in [3.63, 3.8) is 0 Å². The van der Waals surface area contributed by atoms with Gasteiger partial charge in [-0.15, -0.1) is 0 Å². The first-order valence-corrected chi connectivity index (χ1v) is 12.6. The molecule has 2 aromatic heterocycles. The summed E-state index contributed by atoms with van der Waals surface area (Å²) in [6.07, 6.45) is 0.273. The maximum atomic E-state index is 14.4. The number of methoxy groups -OCH3 is 1. The number of hydrogen-bond acceptors (Lipinski definition) is 5. The third-order valence-electron chi connectivity index (χ3n) is 6.27. The average molecular weight is 555 g/mol. The smallest absolute Gasteiger partial charge is 0.267 e. The van der Waals surface area contributed by atoms with Crippen LogP contribution in [0.3, 0.4) is 0 Å². The number of halogens is 3. The minimum Gasteiger partial charge on any atom is -0.496 e. The lowest BCUT2D eigenvalue weighted by molar-refractivity contribution is 0.0937. The van der Waals surface area contributed by atoms with Crippen LogP contribution in [0.15, 0.2) is 71.8 Å². The predicted molar refractivity (Wildman–Crippen MR) is 142 cm³/mol. The van der Waals surface area contributed by atoms with E-state index in [1.807, 2.05) is 24.3 Å². The van der Waals surface area contributed by atoms with E-state index in [-0.39, 0.29) is 29.0 Å². The quantitative estimate of drug-likeness (QED) is 0.275. The van der Waals surface area contributed by atoms with Crippen LogP contribution < -0.4 is 15.6 Å². The van der Waals surface area contributed by atoms with E-state index in [9.17, 15) is 22.8 Å². The van der Waals surface area contributed by atoms with Gasteiger partial charge in [-0.1, -0.05) is 30.3 Å². The van der Waals surface area contributed by atoms with Crippen molar-refractivity contribution in [1.82, 2.24) is 19.7 Å². The zero-order valence-corrected chi connectivity index (χ0v) is 22.1. The van der Waals surface area contributed by atoms with Gasteiger partial charge in [0.05, 0.1) is 37.9 Å². The summed E-state index contributed by atoms with van der Waals surface area (Å²) in [6, 6.07) is 14.8. The van der Waals surface area contributed by atoms with E-state index in [0.29, 0.717) is 25.4 Å². The number of nitrogens with zero attached hydrogens (tertiary/aromatic N) is 3. The van der Waals surface area contributed by atoms with Crippen LogP contribution in [0.2, 0.25) is 0 Å². The second-order valence-electron chi connectivity index (χ2n) is 8.93. The van der Waals surface area contributed by atoms with Gasteiger partial charge in [0.1, 0.15) is 17.3 Å². The number of hydrogen-bond donors (Lipinski definition) is 1. The molecule has 4 rings (SSSR count). The highest BCUT2D eigenvalue weighted by Gasteiger charge is 2.24. The number of aromatic nitrogens is 3. The third kappa shape index (κ3) is 6.78. The number of amides is 1. The first-order chi connectivity index (χ1) is 19.3. The Labute approximate surface area is 229 Å². The Morgan fingerprint density at radius 3 is 2.42 bits per heavy atom. The first-order valence-electron chi connectivity index (χ1n) is 12.6. The van der Waals surface area contributed by atoms with Crippen molar-refractivity contribution in [1.29, 1.82) is 0 Å². The lowest BCUT2D eigenvalue weighted by Gasteiger charge is -2.15. The Kier molecular flexibility index (Phi) is 9.39. The molecule has 0 saturated heterocycles. The highest BCUT2D eigenvalue weighted by molar-refractivity contribution is 5.95. The van der Waals surface area contributed by atoms with Crippen LogP contribution in [-0.4, -0.2) is 34.0 Å². The molecule has 2 aromatic carbocycles. The molecule has 0 saturated carbocycles. The number of nitrogens with one attached hydrogen (secondary N) is 1. The van der Waals surface area contributed by atoms with Crippen LogP contribution in [0.4, 0.5) is 13.2 Å². The van der Waals surface area contributed by atoms with Crippen LogP contribution in [0.5, 0.6) is 5.75 Å². The Balaban J connectivity index is 1.50. The van der Waals surface area contributed by atoms with E-state index in [1.165, 1.54) is 19.4 Å². The fourth-order valence-electron chi connectivity index (χ4n) is 4.24. The number of rotatable bonds is 12. The van der Waals surface area contributed by atoms with Crippen molar-refractivity contribution in [2.45, 2.75) is 39.6 Å². The van der Waals surface area contributed by atoms with Crippen molar-refractivity contribution in [2.75, 3.05) is 13.7 Å². The lowest BCUT2D eigenvalue weighted by atomic mass is 10.1. The number of carbonyl (C=O) groups is 1. The molecule has 0 spiro atoms. The van der Waals surface area contributed by atoms with Crippen molar-refractivity contribution >= 4 is 5.91 Å². The molecule has 40 heavy (non-hydrogen) atoms. The number of carbonyl (C=O) groups excluding carboxylic acids is 1. The summed E-state index contributed by atoms with van der Waals surface area (Å²) >= 11 is 0. The predicted octanol–water partition coefficient (Wildman–Crippen LogP) is 4.69. The Hall–Kier alpha value is -4.38. The molecule has 2 heterocycles. The summed E-state index contributed by atoms with van der Waals surface area (Å²) in [5, 5.41) is 7.01. The van der Waals surface area contributed by atoms with Gasteiger partial charge in [0, 0.05) is 37.2 Å². The summed E-state index contributed by atoms with van der Waals surface area (Å²) in [7, 11) is 1.22. The van der Waals surface area contributed by atoms with E-state index < -0.39 is 30.3 Å². The topological polar surface area (TPSA) is 87.4 Å². The molecule has 11 heteroatoms. The summed E-state index contributed by atoms with van der Waals surface area (Å²) < 4.78 is 55.4. The van der Waals surface area contributed by atoms with Crippen LogP contribution >= 0.6 is 0 Å². The molecular weight excluding hydrogens is 525 g/mol. The molecule has 0 aliphatic heterocycles. The van der Waals surface area contributed by atoms with Gasteiger partial charge in [0.2, 0.25) is 0 Å². The third-order valence-corrected chi connectivity index (χ3v) is 6.27. The molecular formula is C29H29F3N4O4. The Morgan fingerprint density at radius 1 is 1.05 bits per heavy atom. The lowest BCUT2D eigenvalue weighted by Crippen LogP contribution is -2.25. The van der Waals surface area contributed by atoms with Crippen molar-refractivity contribution in [2.24, 2.45) is 0 Å². The van der Waals surface area contributed by atoms with Gasteiger partial charge in [-0.2, -0.15) is 5.10 Å². The normalized spacial score (nSPS) is 11.2. The summed E-state index contributed by atoms with van der Waals surface area (Å²) in [6.45, 7) is 2.58. The zero-order valence-electron chi connectivity index (χ0n) is 22.1. The minimum absolute atomic E-state index is 0.0623. The van der Waals surface area contributed by atoms with Gasteiger partial charge in [0.25, 0.3) is 17.9 Å². The van der Waals surface area contributed by atoms with E-state index in [4.69, 9.17) is 9.47 Å². The van der Waals surface area contributed by atoms with Gasteiger partial charge in [0.15, 0.2) is 0 Å². The van der Waals surface area contributed by atoms with Crippen molar-refractivity contribution in [3.8, 4) is 5.75 Å². The van der Waals surface area contributed by atoms with Gasteiger partial charge >= 0.3 is 0 Å². The molecule has 4 aromatic rings. The molecule has 0 aliphatic carbocycles. The van der Waals surface area contributed by atoms with Gasteiger partial charge in [-0.05, 0) is 36.2 Å². The zero-order chi connectivity index (χ0) is 28.6. The Morgan fingerprint density at radius 2 is 1.77 bits per heavy atom. The minimum atomic E-state index is -2.99. The monoisotopic (exact) mass is 554 g/mol. The highest BCUT2D eigenvalue weighted by Crippen LogP contribution is 2.33. The van der Waals surface area contributed by atoms with E-state index >= 15 is 0 Å². The molecule has 0 radical (unpaired) electrons. The van der Waals surface area contributed by atoms with Gasteiger partial charge < -0.3 is 19.4 Å². The van der Waals surface area contributed by atoms with E-state index in [0.717, 1.165) is 23.3 Å². The first kappa shape index (κ1) is 28.6. The van der Waals surface area contributed by atoms with Gasteiger partial charge in [-0.25, -0.2) is 13.2 Å². The van der Waals surface area contributed by atoms with Crippen molar-refractivity contribution < 1.29 is 27.4 Å². The van der Waals surface area contributed by atoms with Gasteiger partial charge in [-0.3, -0.25) is 14.3 Å². The number of benzene rings is 2. The molecule has 0 bridgehead atoms. The maximum absolute atomic E-state index is 14.4.